The lowest BCUT2D eigenvalue weighted by Gasteiger charge is -2.24. The molecule has 3 rings (SSSR count). The molecule has 186 valence electrons. The van der Waals surface area contributed by atoms with Crippen molar-refractivity contribution < 1.29 is 23.8 Å². The quantitative estimate of drug-likeness (QED) is 0.324. The number of carboxylic acids is 1. The minimum atomic E-state index is -0.794. The van der Waals surface area contributed by atoms with Crippen molar-refractivity contribution >= 4 is 5.97 Å². The highest BCUT2D eigenvalue weighted by Gasteiger charge is 2.22. The van der Waals surface area contributed by atoms with Gasteiger partial charge in [-0.3, -0.25) is 4.79 Å². The maximum Gasteiger partial charge on any atom is 0.303 e. The normalized spacial score (nSPS) is 12.3. The highest BCUT2D eigenvalue weighted by Crippen LogP contribution is 2.37. The summed E-state index contributed by atoms with van der Waals surface area (Å²) in [5.74, 6) is 0.190. The van der Waals surface area contributed by atoms with Crippen LogP contribution in [0.15, 0.2) is 60.7 Å². The fourth-order valence-corrected chi connectivity index (χ4v) is 4.35. The predicted molar refractivity (Wildman–Crippen MR) is 138 cm³/mol. The first kappa shape index (κ1) is 26.3. The summed E-state index contributed by atoms with van der Waals surface area (Å²) < 4.78 is 26.2. The van der Waals surface area contributed by atoms with Crippen LogP contribution in [0.4, 0.5) is 4.39 Å². The van der Waals surface area contributed by atoms with E-state index in [0.29, 0.717) is 23.7 Å². The van der Waals surface area contributed by atoms with E-state index in [-0.39, 0.29) is 23.6 Å². The van der Waals surface area contributed by atoms with Crippen molar-refractivity contribution in [2.24, 2.45) is 0 Å². The van der Waals surface area contributed by atoms with Gasteiger partial charge in [-0.15, -0.1) is 0 Å². The summed E-state index contributed by atoms with van der Waals surface area (Å²) in [4.78, 5) is 11.3. The first-order valence-electron chi connectivity index (χ1n) is 12.0. The van der Waals surface area contributed by atoms with Crippen molar-refractivity contribution in [3.05, 3.63) is 83.2 Å². The van der Waals surface area contributed by atoms with E-state index in [0.717, 1.165) is 35.1 Å². The van der Waals surface area contributed by atoms with E-state index < -0.39 is 5.97 Å². The second-order valence-electron chi connectivity index (χ2n) is 9.92. The van der Waals surface area contributed by atoms with Crippen LogP contribution in [0.5, 0.6) is 11.5 Å². The maximum absolute atomic E-state index is 14.7. The third kappa shape index (κ3) is 6.84. The molecule has 0 aromatic heterocycles. The Morgan fingerprint density at radius 2 is 1.77 bits per heavy atom. The highest BCUT2D eigenvalue weighted by atomic mass is 19.1. The van der Waals surface area contributed by atoms with Gasteiger partial charge >= 0.3 is 5.97 Å². The van der Waals surface area contributed by atoms with E-state index in [4.69, 9.17) is 9.47 Å². The van der Waals surface area contributed by atoms with E-state index in [9.17, 15) is 14.3 Å². The Bertz CT molecular complexity index is 1160. The van der Waals surface area contributed by atoms with Gasteiger partial charge in [-0.05, 0) is 70.3 Å². The Kier molecular flexibility index (Phi) is 8.55. The minimum Gasteiger partial charge on any atom is -0.497 e. The zero-order valence-corrected chi connectivity index (χ0v) is 21.2. The molecule has 1 N–H and O–H groups in total. The highest BCUT2D eigenvalue weighted by molar-refractivity contribution is 5.71. The van der Waals surface area contributed by atoms with Gasteiger partial charge in [-0.2, -0.15) is 0 Å². The summed E-state index contributed by atoms with van der Waals surface area (Å²) >= 11 is 0. The smallest absolute Gasteiger partial charge is 0.303 e. The Balaban J connectivity index is 1.87. The fraction of sp³-hybridized carbons (Fsp3) is 0.367. The molecule has 0 unspecified atom stereocenters. The van der Waals surface area contributed by atoms with Gasteiger partial charge in [0, 0.05) is 5.56 Å². The van der Waals surface area contributed by atoms with Gasteiger partial charge in [0.1, 0.15) is 23.9 Å². The molecule has 4 nitrogen and oxygen atoms in total. The number of carbonyl (C=O) groups is 1. The summed E-state index contributed by atoms with van der Waals surface area (Å²) in [5, 5.41) is 9.27. The molecule has 0 aliphatic carbocycles. The van der Waals surface area contributed by atoms with E-state index >= 15 is 0 Å². The van der Waals surface area contributed by atoms with Gasteiger partial charge < -0.3 is 14.6 Å². The number of methoxy groups -OCH3 is 1. The SMILES string of the molecule is CCC[C@H](CC(=O)O)c1cccc(OCc2ccc(-c3cc(OC)ccc3F)c(C(C)(C)C)c2)c1. The van der Waals surface area contributed by atoms with Crippen LogP contribution in [0.3, 0.4) is 0 Å². The molecule has 0 fully saturated rings. The van der Waals surface area contributed by atoms with Crippen LogP contribution in [0.2, 0.25) is 0 Å². The maximum atomic E-state index is 14.7. The number of hydrogen-bond donors (Lipinski definition) is 1. The molecular formula is C30H35FO4. The average molecular weight is 479 g/mol. The van der Waals surface area contributed by atoms with Gasteiger partial charge in [0.15, 0.2) is 0 Å². The summed E-state index contributed by atoms with van der Waals surface area (Å²) in [6, 6.07) is 18.4. The molecule has 35 heavy (non-hydrogen) atoms. The molecule has 0 aliphatic heterocycles. The van der Waals surface area contributed by atoms with Crippen LogP contribution in [0.1, 0.15) is 69.6 Å². The van der Waals surface area contributed by atoms with Gasteiger partial charge in [-0.1, -0.05) is 64.4 Å². The van der Waals surface area contributed by atoms with Crippen LogP contribution in [-0.4, -0.2) is 18.2 Å². The summed E-state index contributed by atoms with van der Waals surface area (Å²) in [6.45, 7) is 8.73. The number of halogens is 1. The number of rotatable bonds is 10. The minimum absolute atomic E-state index is 0.0365. The standard InChI is InChI=1S/C30H35FO4/c1-6-8-21(17-29(32)33)22-9-7-10-24(16-22)35-19-20-11-13-25(27(15-20)30(2,3)4)26-18-23(34-5)12-14-28(26)31/h7,9-16,18,21H,6,8,17,19H2,1-5H3,(H,32,33)/t21-/m1/s1. The second kappa shape index (κ2) is 11.4. The Morgan fingerprint density at radius 1 is 1.00 bits per heavy atom. The number of ether oxygens (including phenoxy) is 2. The molecule has 0 bridgehead atoms. The number of benzene rings is 3. The van der Waals surface area contributed by atoms with Crippen molar-refractivity contribution in [2.75, 3.05) is 7.11 Å². The van der Waals surface area contributed by atoms with Crippen molar-refractivity contribution in [3.8, 4) is 22.6 Å². The summed E-state index contributed by atoms with van der Waals surface area (Å²) in [5.41, 5.74) is 4.09. The topological polar surface area (TPSA) is 55.8 Å². The third-order valence-electron chi connectivity index (χ3n) is 6.15. The van der Waals surface area contributed by atoms with E-state index in [2.05, 4.69) is 33.8 Å². The third-order valence-corrected chi connectivity index (χ3v) is 6.15. The molecule has 3 aromatic rings. The van der Waals surface area contributed by atoms with Crippen molar-refractivity contribution in [1.82, 2.24) is 0 Å². The molecule has 0 heterocycles. The van der Waals surface area contributed by atoms with E-state index in [1.807, 2.05) is 36.4 Å². The average Bonchev–Trinajstić information content (AvgIpc) is 2.82. The summed E-state index contributed by atoms with van der Waals surface area (Å²) in [6.07, 6.45) is 1.83. The van der Waals surface area contributed by atoms with E-state index in [1.165, 1.54) is 6.07 Å². The molecule has 5 heteroatoms. The van der Waals surface area contributed by atoms with Crippen LogP contribution >= 0.6 is 0 Å². The fourth-order valence-electron chi connectivity index (χ4n) is 4.35. The number of aliphatic carboxylic acids is 1. The van der Waals surface area contributed by atoms with Crippen molar-refractivity contribution in [1.29, 1.82) is 0 Å². The van der Waals surface area contributed by atoms with Gasteiger partial charge in [0.2, 0.25) is 0 Å². The molecular weight excluding hydrogens is 443 g/mol. The van der Waals surface area contributed by atoms with E-state index in [1.54, 1.807) is 19.2 Å². The monoisotopic (exact) mass is 478 g/mol. The number of hydrogen-bond acceptors (Lipinski definition) is 3. The van der Waals surface area contributed by atoms with Gasteiger partial charge in [-0.25, -0.2) is 4.39 Å². The lowest BCUT2D eigenvalue weighted by atomic mass is 9.81. The first-order chi connectivity index (χ1) is 16.6. The Morgan fingerprint density at radius 3 is 2.43 bits per heavy atom. The molecule has 3 aromatic carbocycles. The Hall–Kier alpha value is -3.34. The molecule has 0 spiro atoms. The molecule has 0 amide bonds. The van der Waals surface area contributed by atoms with Gasteiger partial charge in [0.25, 0.3) is 0 Å². The first-order valence-corrected chi connectivity index (χ1v) is 12.0. The lowest BCUT2D eigenvalue weighted by molar-refractivity contribution is -0.137. The van der Waals surface area contributed by atoms with Gasteiger partial charge in [0.05, 0.1) is 13.5 Å². The number of carboxylic acid groups (broad SMARTS) is 1. The lowest BCUT2D eigenvalue weighted by Crippen LogP contribution is -2.14. The van der Waals surface area contributed by atoms with Crippen LogP contribution < -0.4 is 9.47 Å². The summed E-state index contributed by atoms with van der Waals surface area (Å²) in [7, 11) is 1.57. The molecule has 0 radical (unpaired) electrons. The molecule has 1 atom stereocenters. The predicted octanol–water partition coefficient (Wildman–Crippen LogP) is 7.74. The second-order valence-corrected chi connectivity index (χ2v) is 9.92. The molecule has 0 saturated carbocycles. The largest absolute Gasteiger partial charge is 0.497 e. The Labute approximate surface area is 207 Å². The molecule has 0 aliphatic rings. The van der Waals surface area contributed by atoms with Crippen LogP contribution in [-0.2, 0) is 16.8 Å². The zero-order valence-electron chi connectivity index (χ0n) is 21.2. The van der Waals surface area contributed by atoms with Crippen LogP contribution in [0.25, 0.3) is 11.1 Å². The zero-order chi connectivity index (χ0) is 25.6. The van der Waals surface area contributed by atoms with Crippen molar-refractivity contribution in [3.63, 3.8) is 0 Å². The molecule has 0 saturated heterocycles. The van der Waals surface area contributed by atoms with Crippen LogP contribution in [0, 0.1) is 5.82 Å². The van der Waals surface area contributed by atoms with Crippen molar-refractivity contribution in [2.45, 2.75) is 64.9 Å².